The van der Waals surface area contributed by atoms with E-state index in [2.05, 4.69) is 5.32 Å². The molecule has 3 N–H and O–H groups in total. The normalized spacial score (nSPS) is 26.9. The first-order valence-corrected chi connectivity index (χ1v) is 8.03. The number of nitriles is 1. The van der Waals surface area contributed by atoms with E-state index in [4.69, 9.17) is 11.0 Å². The maximum absolute atomic E-state index is 12.0. The van der Waals surface area contributed by atoms with Gasteiger partial charge in [0, 0.05) is 28.9 Å². The van der Waals surface area contributed by atoms with Crippen molar-refractivity contribution in [1.82, 2.24) is 5.32 Å². The monoisotopic (exact) mass is 271 g/mol. The van der Waals surface area contributed by atoms with Gasteiger partial charge in [-0.1, -0.05) is 12.8 Å². The van der Waals surface area contributed by atoms with Gasteiger partial charge in [-0.3, -0.25) is 9.00 Å². The molecule has 0 bridgehead atoms. The van der Waals surface area contributed by atoms with Crippen molar-refractivity contribution in [1.29, 1.82) is 5.26 Å². The molecular formula is C12H21N3O2S. The van der Waals surface area contributed by atoms with Crippen LogP contribution in [0.3, 0.4) is 0 Å². The van der Waals surface area contributed by atoms with E-state index >= 15 is 0 Å². The molecule has 102 valence electrons. The molecule has 1 amide bonds. The predicted molar refractivity (Wildman–Crippen MR) is 71.0 cm³/mol. The first-order valence-electron chi connectivity index (χ1n) is 6.30. The molecule has 0 aromatic heterocycles. The highest BCUT2D eigenvalue weighted by atomic mass is 32.2. The number of nitrogens with zero attached hydrogens (tertiary/aromatic N) is 1. The van der Waals surface area contributed by atoms with E-state index in [9.17, 15) is 9.00 Å². The molecule has 0 aromatic rings. The molecule has 1 fully saturated rings. The topological polar surface area (TPSA) is 96.0 Å². The largest absolute Gasteiger partial charge is 0.340 e. The summed E-state index contributed by atoms with van der Waals surface area (Å²) in [6.45, 7) is 0. The first-order chi connectivity index (χ1) is 8.54. The second kappa shape index (κ2) is 7.49. The number of nitrogens with two attached hydrogens (primary N) is 1. The van der Waals surface area contributed by atoms with Crippen molar-refractivity contribution >= 4 is 16.7 Å². The van der Waals surface area contributed by atoms with Crippen LogP contribution in [0.1, 0.15) is 32.1 Å². The van der Waals surface area contributed by atoms with E-state index in [0.717, 1.165) is 25.7 Å². The van der Waals surface area contributed by atoms with E-state index in [1.165, 1.54) is 0 Å². The highest BCUT2D eigenvalue weighted by molar-refractivity contribution is 7.84. The van der Waals surface area contributed by atoms with E-state index in [1.807, 2.05) is 6.07 Å². The Morgan fingerprint density at radius 3 is 2.78 bits per heavy atom. The molecule has 5 nitrogen and oxygen atoms in total. The average molecular weight is 271 g/mol. The lowest BCUT2D eigenvalue weighted by Gasteiger charge is -2.28. The van der Waals surface area contributed by atoms with E-state index in [1.54, 1.807) is 6.26 Å². The van der Waals surface area contributed by atoms with Crippen molar-refractivity contribution in [2.45, 2.75) is 44.2 Å². The van der Waals surface area contributed by atoms with Gasteiger partial charge in [-0.25, -0.2) is 0 Å². The fourth-order valence-corrected chi connectivity index (χ4v) is 2.78. The summed E-state index contributed by atoms with van der Waals surface area (Å²) < 4.78 is 11.0. The van der Waals surface area contributed by atoms with Crippen LogP contribution < -0.4 is 11.1 Å². The summed E-state index contributed by atoms with van der Waals surface area (Å²) in [6, 6.07) is 1.38. The fourth-order valence-electron chi connectivity index (χ4n) is 2.22. The summed E-state index contributed by atoms with van der Waals surface area (Å²) in [5.41, 5.74) is 5.93. The van der Waals surface area contributed by atoms with Crippen molar-refractivity contribution in [3.63, 3.8) is 0 Å². The van der Waals surface area contributed by atoms with E-state index in [-0.39, 0.29) is 17.9 Å². The van der Waals surface area contributed by atoms with Crippen LogP contribution in [-0.4, -0.2) is 34.2 Å². The van der Waals surface area contributed by atoms with Gasteiger partial charge in [0.2, 0.25) is 5.91 Å². The second-order valence-corrected chi connectivity index (χ2v) is 6.37. The minimum atomic E-state index is -0.941. The van der Waals surface area contributed by atoms with Gasteiger partial charge in [-0.2, -0.15) is 5.26 Å². The molecule has 1 rings (SSSR count). The Morgan fingerprint density at radius 2 is 2.22 bits per heavy atom. The van der Waals surface area contributed by atoms with Crippen LogP contribution >= 0.6 is 0 Å². The number of amides is 1. The Labute approximate surface area is 111 Å². The molecule has 4 atom stereocenters. The highest BCUT2D eigenvalue weighted by Gasteiger charge is 2.29. The third-order valence-corrected chi connectivity index (χ3v) is 4.13. The Hall–Kier alpha value is -0.930. The van der Waals surface area contributed by atoms with Gasteiger partial charge in [-0.15, -0.1) is 0 Å². The van der Waals surface area contributed by atoms with Crippen molar-refractivity contribution < 1.29 is 9.00 Å². The van der Waals surface area contributed by atoms with E-state index < -0.39 is 16.8 Å². The zero-order valence-corrected chi connectivity index (χ0v) is 11.5. The fraction of sp³-hybridized carbons (Fsp3) is 0.833. The maximum Gasteiger partial charge on any atom is 0.225 e. The Balaban J connectivity index is 2.46. The number of nitrogens with one attached hydrogen (secondary N) is 1. The summed E-state index contributed by atoms with van der Waals surface area (Å²) in [5.74, 6) is 0.118. The van der Waals surface area contributed by atoms with Gasteiger partial charge in [0.1, 0.15) is 6.04 Å². The SMILES string of the molecule is CS(=O)CC[C@@H](C#N)NC(=O)[C@@H]1CCCC[C@@H]1N. The van der Waals surface area contributed by atoms with Gasteiger partial charge in [0.05, 0.1) is 12.0 Å². The number of carbonyl (C=O) groups is 1. The molecule has 0 radical (unpaired) electrons. The summed E-state index contributed by atoms with van der Waals surface area (Å²) >= 11 is 0. The summed E-state index contributed by atoms with van der Waals surface area (Å²) in [4.78, 5) is 12.0. The average Bonchev–Trinajstić information content (AvgIpc) is 2.34. The third kappa shape index (κ3) is 4.75. The number of rotatable bonds is 5. The van der Waals surface area contributed by atoms with Gasteiger partial charge in [0.25, 0.3) is 0 Å². The molecule has 18 heavy (non-hydrogen) atoms. The molecule has 0 aliphatic heterocycles. The minimum absolute atomic E-state index is 0.0987. The molecule has 0 saturated heterocycles. The Bertz CT molecular complexity index is 354. The van der Waals surface area contributed by atoms with Gasteiger partial charge < -0.3 is 11.1 Å². The van der Waals surface area contributed by atoms with Crippen LogP contribution in [0.5, 0.6) is 0 Å². The van der Waals surface area contributed by atoms with Gasteiger partial charge in [0.15, 0.2) is 0 Å². The number of hydrogen-bond donors (Lipinski definition) is 2. The summed E-state index contributed by atoms with van der Waals surface area (Å²) in [7, 11) is -0.941. The summed E-state index contributed by atoms with van der Waals surface area (Å²) in [6.07, 6.45) is 5.77. The molecule has 0 aromatic carbocycles. The maximum atomic E-state index is 12.0. The Morgan fingerprint density at radius 1 is 1.56 bits per heavy atom. The molecule has 1 aliphatic rings. The smallest absolute Gasteiger partial charge is 0.225 e. The zero-order valence-electron chi connectivity index (χ0n) is 10.7. The van der Waals surface area contributed by atoms with Crippen molar-refractivity contribution in [3.05, 3.63) is 0 Å². The minimum Gasteiger partial charge on any atom is -0.340 e. The van der Waals surface area contributed by atoms with Crippen LogP contribution in [0.4, 0.5) is 0 Å². The highest BCUT2D eigenvalue weighted by Crippen LogP contribution is 2.23. The zero-order chi connectivity index (χ0) is 13.5. The van der Waals surface area contributed by atoms with Gasteiger partial charge >= 0.3 is 0 Å². The lowest BCUT2D eigenvalue weighted by molar-refractivity contribution is -0.126. The van der Waals surface area contributed by atoms with Crippen LogP contribution in [-0.2, 0) is 15.6 Å². The third-order valence-electron chi connectivity index (χ3n) is 3.32. The predicted octanol–water partition coefficient (Wildman–Crippen LogP) is 0.281. The molecular weight excluding hydrogens is 250 g/mol. The lowest BCUT2D eigenvalue weighted by Crippen LogP contribution is -2.46. The van der Waals surface area contributed by atoms with E-state index in [0.29, 0.717) is 12.2 Å². The lowest BCUT2D eigenvalue weighted by atomic mass is 9.84. The van der Waals surface area contributed by atoms with Crippen molar-refractivity contribution in [3.8, 4) is 6.07 Å². The molecule has 1 saturated carbocycles. The van der Waals surface area contributed by atoms with Crippen molar-refractivity contribution in [2.75, 3.05) is 12.0 Å². The van der Waals surface area contributed by atoms with Gasteiger partial charge in [-0.05, 0) is 19.3 Å². The van der Waals surface area contributed by atoms with Crippen LogP contribution in [0.2, 0.25) is 0 Å². The molecule has 6 heteroatoms. The van der Waals surface area contributed by atoms with Crippen molar-refractivity contribution in [2.24, 2.45) is 11.7 Å². The Kier molecular flexibility index (Phi) is 6.30. The standard InChI is InChI=1S/C12H21N3O2S/c1-18(17)7-6-9(8-13)15-12(16)10-4-2-3-5-11(10)14/h9-11H,2-7,14H2,1H3,(H,15,16)/t9-,10+,11-,18?/m0/s1. The second-order valence-electron chi connectivity index (χ2n) is 4.81. The number of carbonyl (C=O) groups excluding carboxylic acids is 1. The molecule has 1 unspecified atom stereocenters. The first kappa shape index (κ1) is 15.1. The van der Waals surface area contributed by atoms with Crippen LogP contribution in [0.15, 0.2) is 0 Å². The van der Waals surface area contributed by atoms with Crippen LogP contribution in [0, 0.1) is 17.2 Å². The molecule has 0 heterocycles. The number of hydrogen-bond acceptors (Lipinski definition) is 4. The molecule has 1 aliphatic carbocycles. The van der Waals surface area contributed by atoms with Crippen LogP contribution in [0.25, 0.3) is 0 Å². The summed E-state index contributed by atoms with van der Waals surface area (Å²) in [5, 5.41) is 11.7. The quantitative estimate of drug-likeness (QED) is 0.750. The molecule has 0 spiro atoms.